The quantitative estimate of drug-likeness (QED) is 0.443. The van der Waals surface area contributed by atoms with Gasteiger partial charge < -0.3 is 9.73 Å². The van der Waals surface area contributed by atoms with Crippen LogP contribution < -0.4 is 5.32 Å². The van der Waals surface area contributed by atoms with E-state index in [9.17, 15) is 4.79 Å². The number of nitrogens with one attached hydrogen (secondary N) is 1. The summed E-state index contributed by atoms with van der Waals surface area (Å²) in [6, 6.07) is 21.1. The van der Waals surface area contributed by atoms with Crippen molar-refractivity contribution in [2.45, 2.75) is 5.16 Å². The second-order valence-electron chi connectivity index (χ2n) is 6.31. The highest BCUT2D eigenvalue weighted by Gasteiger charge is 2.13. The van der Waals surface area contributed by atoms with Crippen LogP contribution in [-0.2, 0) is 4.79 Å². The molecule has 0 aliphatic rings. The number of benzene rings is 2. The monoisotopic (exact) mass is 401 g/mol. The summed E-state index contributed by atoms with van der Waals surface area (Å²) in [5.41, 5.74) is 2.07. The van der Waals surface area contributed by atoms with Crippen LogP contribution in [0.15, 0.2) is 82.6 Å². The third kappa shape index (κ3) is 3.45. The molecule has 1 N–H and O–H groups in total. The van der Waals surface area contributed by atoms with Gasteiger partial charge in [0.05, 0.1) is 12.0 Å². The van der Waals surface area contributed by atoms with Gasteiger partial charge in [-0.2, -0.15) is 9.61 Å². The molecule has 0 aliphatic carbocycles. The number of hydrogen-bond acceptors (Lipinski definition) is 6. The minimum Gasteiger partial charge on any atom is -0.463 e. The summed E-state index contributed by atoms with van der Waals surface area (Å²) in [7, 11) is 0. The number of anilines is 1. The van der Waals surface area contributed by atoms with Gasteiger partial charge in [-0.3, -0.25) is 4.79 Å². The van der Waals surface area contributed by atoms with Gasteiger partial charge in [-0.25, -0.2) is 0 Å². The van der Waals surface area contributed by atoms with Crippen molar-refractivity contribution in [2.24, 2.45) is 0 Å². The van der Waals surface area contributed by atoms with Gasteiger partial charge in [0.2, 0.25) is 11.1 Å². The maximum Gasteiger partial charge on any atom is 0.234 e. The molecule has 3 heterocycles. The Morgan fingerprint density at radius 1 is 1.00 bits per heavy atom. The van der Waals surface area contributed by atoms with Gasteiger partial charge in [-0.1, -0.05) is 48.2 Å². The summed E-state index contributed by atoms with van der Waals surface area (Å²) in [5, 5.41) is 18.4. The number of rotatable bonds is 5. The summed E-state index contributed by atoms with van der Waals surface area (Å²) in [6.07, 6.45) is 1.60. The molecule has 5 rings (SSSR count). The smallest absolute Gasteiger partial charge is 0.234 e. The molecule has 2 aromatic carbocycles. The van der Waals surface area contributed by atoms with Crippen molar-refractivity contribution in [3.05, 3.63) is 73.0 Å². The van der Waals surface area contributed by atoms with Crippen LogP contribution in [0.3, 0.4) is 0 Å². The molecular weight excluding hydrogens is 386 g/mol. The van der Waals surface area contributed by atoms with Gasteiger partial charge >= 0.3 is 0 Å². The summed E-state index contributed by atoms with van der Waals surface area (Å²) in [5.74, 6) is 0.729. The number of nitrogens with zero attached hydrogens (tertiary/aromatic N) is 4. The number of carbonyl (C=O) groups is 1. The lowest BCUT2D eigenvalue weighted by atomic mass is 10.1. The fourth-order valence-corrected chi connectivity index (χ4v) is 3.75. The first kappa shape index (κ1) is 17.4. The number of thioether (sulfide) groups is 1. The summed E-state index contributed by atoms with van der Waals surface area (Å²) in [6.45, 7) is 0. The van der Waals surface area contributed by atoms with Crippen molar-refractivity contribution in [2.75, 3.05) is 11.1 Å². The zero-order valence-corrected chi connectivity index (χ0v) is 16.0. The number of aromatic nitrogens is 4. The molecule has 0 fully saturated rings. The second-order valence-corrected chi connectivity index (χ2v) is 7.25. The van der Waals surface area contributed by atoms with Crippen LogP contribution in [0.2, 0.25) is 0 Å². The third-order valence-electron chi connectivity index (χ3n) is 4.40. The Labute approximate surface area is 169 Å². The summed E-state index contributed by atoms with van der Waals surface area (Å²) >= 11 is 1.28. The molecule has 142 valence electrons. The van der Waals surface area contributed by atoms with E-state index in [1.54, 1.807) is 16.8 Å². The lowest BCUT2D eigenvalue weighted by Crippen LogP contribution is -2.14. The number of fused-ring (bicyclic) bond motifs is 2. The molecule has 3 aromatic heterocycles. The Morgan fingerprint density at radius 2 is 1.90 bits per heavy atom. The van der Waals surface area contributed by atoms with Crippen LogP contribution in [0.25, 0.3) is 27.9 Å². The maximum atomic E-state index is 12.5. The molecule has 7 nitrogen and oxygen atoms in total. The molecular formula is C21H15N5O2S. The highest BCUT2D eigenvalue weighted by molar-refractivity contribution is 7.99. The Bertz CT molecular complexity index is 1310. The molecule has 0 unspecified atom stereocenters. The standard InChI is InChI=1S/C21H15N5O2S/c27-20(22-16-8-3-6-14-5-1-2-7-15(14)16)13-29-21-24-23-19-11-10-17(25-26(19)21)18-9-4-12-28-18/h1-12H,13H2,(H,22,27). The molecule has 5 aromatic rings. The predicted octanol–water partition coefficient (Wildman–Crippen LogP) is 4.27. The van der Waals surface area contributed by atoms with Crippen LogP contribution in [0.5, 0.6) is 0 Å². The van der Waals surface area contributed by atoms with Gasteiger partial charge in [-0.05, 0) is 35.7 Å². The van der Waals surface area contributed by atoms with Crippen molar-refractivity contribution in [1.29, 1.82) is 0 Å². The Balaban J connectivity index is 1.33. The number of furan rings is 1. The zero-order chi connectivity index (χ0) is 19.6. The Kier molecular flexibility index (Phi) is 4.45. The van der Waals surface area contributed by atoms with Crippen molar-refractivity contribution in [3.8, 4) is 11.5 Å². The molecule has 0 aliphatic heterocycles. The van der Waals surface area contributed by atoms with Gasteiger partial charge in [0.15, 0.2) is 11.4 Å². The number of carbonyl (C=O) groups excluding carboxylic acids is 1. The van der Waals surface area contributed by atoms with Crippen molar-refractivity contribution in [3.63, 3.8) is 0 Å². The topological polar surface area (TPSA) is 85.3 Å². The molecule has 0 saturated carbocycles. The second kappa shape index (κ2) is 7.40. The molecule has 29 heavy (non-hydrogen) atoms. The van der Waals surface area contributed by atoms with Crippen LogP contribution in [0.4, 0.5) is 5.69 Å². The first-order valence-corrected chi connectivity index (χ1v) is 9.93. The van der Waals surface area contributed by atoms with Crippen LogP contribution in [0.1, 0.15) is 0 Å². The fraction of sp³-hybridized carbons (Fsp3) is 0.0476. The van der Waals surface area contributed by atoms with Crippen LogP contribution in [-0.4, -0.2) is 31.5 Å². The molecule has 8 heteroatoms. The average molecular weight is 401 g/mol. The van der Waals surface area contributed by atoms with E-state index in [2.05, 4.69) is 20.6 Å². The van der Waals surface area contributed by atoms with E-state index >= 15 is 0 Å². The van der Waals surface area contributed by atoms with Gasteiger partial charge in [-0.15, -0.1) is 10.2 Å². The Morgan fingerprint density at radius 3 is 2.79 bits per heavy atom. The van der Waals surface area contributed by atoms with E-state index < -0.39 is 0 Å². The zero-order valence-electron chi connectivity index (χ0n) is 15.1. The van der Waals surface area contributed by atoms with E-state index in [-0.39, 0.29) is 11.7 Å². The first-order chi connectivity index (χ1) is 14.3. The highest BCUT2D eigenvalue weighted by Crippen LogP contribution is 2.24. The normalized spacial score (nSPS) is 11.2. The first-order valence-electron chi connectivity index (χ1n) is 8.95. The van der Waals surface area contributed by atoms with Gasteiger partial charge in [0.25, 0.3) is 0 Å². The minimum atomic E-state index is -0.120. The molecule has 0 radical (unpaired) electrons. The molecule has 0 atom stereocenters. The van der Waals surface area contributed by atoms with Crippen LogP contribution in [0, 0.1) is 0 Å². The van der Waals surface area contributed by atoms with E-state index in [1.807, 2.05) is 60.7 Å². The van der Waals surface area contributed by atoms with Crippen LogP contribution >= 0.6 is 11.8 Å². The fourth-order valence-electron chi connectivity index (χ4n) is 3.07. The summed E-state index contributed by atoms with van der Waals surface area (Å²) < 4.78 is 7.02. The largest absolute Gasteiger partial charge is 0.463 e. The molecule has 1 amide bonds. The van der Waals surface area contributed by atoms with Crippen molar-refractivity contribution in [1.82, 2.24) is 19.8 Å². The van der Waals surface area contributed by atoms with E-state index in [1.165, 1.54) is 11.8 Å². The number of amides is 1. The van der Waals surface area contributed by atoms with Gasteiger partial charge in [0, 0.05) is 11.1 Å². The van der Waals surface area contributed by atoms with Crippen molar-refractivity contribution < 1.29 is 9.21 Å². The Hall–Kier alpha value is -3.65. The molecule has 0 saturated heterocycles. The van der Waals surface area contributed by atoms with E-state index in [0.29, 0.717) is 22.3 Å². The molecule has 0 bridgehead atoms. The van der Waals surface area contributed by atoms with Gasteiger partial charge in [0.1, 0.15) is 5.69 Å². The minimum absolute atomic E-state index is 0.120. The average Bonchev–Trinajstić information content (AvgIpc) is 3.42. The third-order valence-corrected chi connectivity index (χ3v) is 5.32. The van der Waals surface area contributed by atoms with E-state index in [4.69, 9.17) is 4.42 Å². The SMILES string of the molecule is O=C(CSc1nnc2ccc(-c3ccco3)nn12)Nc1cccc2ccccc12. The summed E-state index contributed by atoms with van der Waals surface area (Å²) in [4.78, 5) is 12.5. The predicted molar refractivity (Wildman–Crippen MR) is 112 cm³/mol. The molecule has 0 spiro atoms. The number of hydrogen-bond donors (Lipinski definition) is 1. The highest BCUT2D eigenvalue weighted by atomic mass is 32.2. The van der Waals surface area contributed by atoms with Crippen molar-refractivity contribution >= 4 is 39.8 Å². The lowest BCUT2D eigenvalue weighted by molar-refractivity contribution is -0.113. The lowest BCUT2D eigenvalue weighted by Gasteiger charge is -2.08. The van der Waals surface area contributed by atoms with E-state index in [0.717, 1.165) is 16.5 Å². The maximum absolute atomic E-state index is 12.5.